The number of aromatic nitrogens is 2. The Morgan fingerprint density at radius 2 is 2.27 bits per heavy atom. The number of hydrogen-bond donors (Lipinski definition) is 2. The number of hydrogen-bond acceptors (Lipinski definition) is 4. The van der Waals surface area contributed by atoms with E-state index in [1.165, 1.54) is 10.6 Å². The molecule has 3 N–H and O–H groups in total. The van der Waals surface area contributed by atoms with Crippen molar-refractivity contribution in [2.24, 2.45) is 0 Å². The lowest BCUT2D eigenvalue weighted by molar-refractivity contribution is 0.518. The molecule has 0 amide bonds. The molecular formula is C9H15N3O2S. The summed E-state index contributed by atoms with van der Waals surface area (Å²) in [6, 6.07) is 1.27. The topological polar surface area (TPSA) is 80.9 Å². The van der Waals surface area contributed by atoms with Gasteiger partial charge in [0.25, 0.3) is 5.56 Å². The van der Waals surface area contributed by atoms with Gasteiger partial charge in [-0.15, -0.1) is 0 Å². The van der Waals surface area contributed by atoms with Gasteiger partial charge in [-0.3, -0.25) is 14.3 Å². The van der Waals surface area contributed by atoms with Crippen LogP contribution in [0.5, 0.6) is 0 Å². The van der Waals surface area contributed by atoms with Gasteiger partial charge in [-0.05, 0) is 12.7 Å². The zero-order valence-corrected chi connectivity index (χ0v) is 9.63. The monoisotopic (exact) mass is 229 g/mol. The Kier molecular flexibility index (Phi) is 4.02. The first-order chi connectivity index (χ1) is 7.10. The van der Waals surface area contributed by atoms with Crippen molar-refractivity contribution in [2.45, 2.75) is 19.4 Å². The van der Waals surface area contributed by atoms with Crippen LogP contribution in [0.1, 0.15) is 19.4 Å². The van der Waals surface area contributed by atoms with Crippen molar-refractivity contribution in [2.75, 3.05) is 17.7 Å². The van der Waals surface area contributed by atoms with E-state index in [0.29, 0.717) is 0 Å². The van der Waals surface area contributed by atoms with Gasteiger partial charge >= 0.3 is 5.69 Å². The van der Waals surface area contributed by atoms with Gasteiger partial charge < -0.3 is 5.73 Å². The van der Waals surface area contributed by atoms with Crippen molar-refractivity contribution in [1.82, 2.24) is 9.55 Å². The summed E-state index contributed by atoms with van der Waals surface area (Å²) >= 11 is 1.64. The van der Waals surface area contributed by atoms with E-state index >= 15 is 0 Å². The van der Waals surface area contributed by atoms with Crippen LogP contribution in [0.4, 0.5) is 5.82 Å². The summed E-state index contributed by atoms with van der Waals surface area (Å²) < 4.78 is 1.44. The Hall–Kier alpha value is -1.17. The van der Waals surface area contributed by atoms with Crippen LogP contribution in [-0.2, 0) is 0 Å². The fraction of sp³-hybridized carbons (Fsp3) is 0.556. The second kappa shape index (κ2) is 5.06. The third kappa shape index (κ3) is 2.65. The quantitative estimate of drug-likeness (QED) is 0.784. The Balaban J connectivity index is 3.23. The molecule has 1 unspecified atom stereocenters. The van der Waals surface area contributed by atoms with E-state index in [-0.39, 0.29) is 11.9 Å². The van der Waals surface area contributed by atoms with Crippen LogP contribution in [-0.4, -0.2) is 21.6 Å². The zero-order valence-electron chi connectivity index (χ0n) is 8.82. The third-order valence-electron chi connectivity index (χ3n) is 2.20. The zero-order chi connectivity index (χ0) is 11.4. The van der Waals surface area contributed by atoms with Crippen molar-refractivity contribution in [3.63, 3.8) is 0 Å². The molecule has 15 heavy (non-hydrogen) atoms. The first kappa shape index (κ1) is 11.9. The second-order valence-electron chi connectivity index (χ2n) is 3.25. The minimum atomic E-state index is -0.451. The molecular weight excluding hydrogens is 214 g/mol. The molecule has 0 bridgehead atoms. The van der Waals surface area contributed by atoms with Gasteiger partial charge in [0.05, 0.1) is 0 Å². The molecule has 1 aromatic rings. The highest BCUT2D eigenvalue weighted by Crippen LogP contribution is 2.16. The molecule has 0 radical (unpaired) electrons. The maximum atomic E-state index is 11.6. The molecule has 1 aromatic heterocycles. The largest absolute Gasteiger partial charge is 0.385 e. The lowest BCUT2D eigenvalue weighted by atomic mass is 10.2. The van der Waals surface area contributed by atoms with Crippen LogP contribution in [0.25, 0.3) is 0 Å². The standard InChI is InChI=1S/C9H15N3O2S/c1-3-6(5-15-2)12-7(10)4-8(13)11-9(12)14/h4,6H,3,5,10H2,1-2H3,(H,11,13,14). The third-order valence-corrected chi connectivity index (χ3v) is 2.92. The fourth-order valence-electron chi connectivity index (χ4n) is 1.47. The lowest BCUT2D eigenvalue weighted by Crippen LogP contribution is -2.34. The maximum absolute atomic E-state index is 11.6. The predicted molar refractivity (Wildman–Crippen MR) is 63.4 cm³/mol. The van der Waals surface area contributed by atoms with Crippen LogP contribution in [0.3, 0.4) is 0 Å². The van der Waals surface area contributed by atoms with Gasteiger partial charge in [0.15, 0.2) is 0 Å². The van der Waals surface area contributed by atoms with E-state index in [1.54, 1.807) is 11.8 Å². The molecule has 0 aliphatic heterocycles. The fourth-order valence-corrected chi connectivity index (χ4v) is 2.24. The van der Waals surface area contributed by atoms with E-state index in [9.17, 15) is 9.59 Å². The minimum Gasteiger partial charge on any atom is -0.385 e. The number of anilines is 1. The number of nitrogens with two attached hydrogens (primary N) is 1. The van der Waals surface area contributed by atoms with Crippen molar-refractivity contribution >= 4 is 17.6 Å². The Bertz CT molecular complexity index is 438. The number of aromatic amines is 1. The second-order valence-corrected chi connectivity index (χ2v) is 4.16. The maximum Gasteiger partial charge on any atom is 0.330 e. The first-order valence-corrected chi connectivity index (χ1v) is 6.09. The van der Waals surface area contributed by atoms with E-state index < -0.39 is 11.2 Å². The number of rotatable bonds is 4. The van der Waals surface area contributed by atoms with Crippen LogP contribution in [0, 0.1) is 0 Å². The molecule has 1 heterocycles. The van der Waals surface area contributed by atoms with E-state index in [2.05, 4.69) is 4.98 Å². The summed E-state index contributed by atoms with van der Waals surface area (Å²) in [5, 5.41) is 0. The molecule has 1 atom stereocenters. The molecule has 0 saturated carbocycles. The molecule has 0 aliphatic rings. The Morgan fingerprint density at radius 1 is 1.60 bits per heavy atom. The number of thioether (sulfide) groups is 1. The Morgan fingerprint density at radius 3 is 2.73 bits per heavy atom. The molecule has 5 nitrogen and oxygen atoms in total. The van der Waals surface area contributed by atoms with Gasteiger partial charge in [0.2, 0.25) is 0 Å². The van der Waals surface area contributed by atoms with Gasteiger partial charge in [0, 0.05) is 17.9 Å². The summed E-state index contributed by atoms with van der Waals surface area (Å²) in [6.45, 7) is 1.98. The number of nitrogen functional groups attached to an aromatic ring is 1. The Labute approximate surface area is 91.7 Å². The average Bonchev–Trinajstić information content (AvgIpc) is 2.14. The van der Waals surface area contributed by atoms with Gasteiger partial charge in [0.1, 0.15) is 5.82 Å². The summed E-state index contributed by atoms with van der Waals surface area (Å²) in [5.41, 5.74) is 4.78. The normalized spacial score (nSPS) is 12.7. The summed E-state index contributed by atoms with van der Waals surface area (Å²) in [7, 11) is 0. The number of nitrogens with one attached hydrogen (secondary N) is 1. The van der Waals surface area contributed by atoms with Crippen LogP contribution in [0.2, 0.25) is 0 Å². The summed E-state index contributed by atoms with van der Waals surface area (Å²) in [4.78, 5) is 24.7. The van der Waals surface area contributed by atoms with E-state index in [0.717, 1.165) is 12.2 Å². The molecule has 0 aliphatic carbocycles. The molecule has 0 aromatic carbocycles. The van der Waals surface area contributed by atoms with Crippen molar-refractivity contribution < 1.29 is 0 Å². The average molecular weight is 229 g/mol. The van der Waals surface area contributed by atoms with Gasteiger partial charge in [-0.25, -0.2) is 4.79 Å². The molecule has 84 valence electrons. The molecule has 1 rings (SSSR count). The number of nitrogens with zero attached hydrogens (tertiary/aromatic N) is 1. The summed E-state index contributed by atoms with van der Waals surface area (Å²) in [6.07, 6.45) is 2.77. The smallest absolute Gasteiger partial charge is 0.330 e. The van der Waals surface area contributed by atoms with E-state index in [1.807, 2.05) is 13.2 Å². The van der Waals surface area contributed by atoms with Crippen molar-refractivity contribution in [1.29, 1.82) is 0 Å². The molecule has 0 saturated heterocycles. The summed E-state index contributed by atoms with van der Waals surface area (Å²) in [5.74, 6) is 1.02. The highest BCUT2D eigenvalue weighted by atomic mass is 32.2. The molecule has 0 fully saturated rings. The van der Waals surface area contributed by atoms with Gasteiger partial charge in [-0.1, -0.05) is 6.92 Å². The highest BCUT2D eigenvalue weighted by Gasteiger charge is 2.13. The molecule has 0 spiro atoms. The first-order valence-electron chi connectivity index (χ1n) is 4.70. The van der Waals surface area contributed by atoms with Crippen LogP contribution < -0.4 is 17.0 Å². The van der Waals surface area contributed by atoms with E-state index in [4.69, 9.17) is 5.73 Å². The SMILES string of the molecule is CCC(CSC)n1c(N)cc(=O)[nH]c1=O. The minimum absolute atomic E-state index is 0.0318. The van der Waals surface area contributed by atoms with Crippen LogP contribution in [0.15, 0.2) is 15.7 Å². The highest BCUT2D eigenvalue weighted by molar-refractivity contribution is 7.98. The van der Waals surface area contributed by atoms with Gasteiger partial charge in [-0.2, -0.15) is 11.8 Å². The predicted octanol–water partition coefficient (Wildman–Crippen LogP) is 0.433. The number of H-pyrrole nitrogens is 1. The van der Waals surface area contributed by atoms with Crippen LogP contribution >= 0.6 is 11.8 Å². The van der Waals surface area contributed by atoms with Crippen molar-refractivity contribution in [3.8, 4) is 0 Å². The van der Waals surface area contributed by atoms with Crippen molar-refractivity contribution in [3.05, 3.63) is 26.9 Å². The lowest BCUT2D eigenvalue weighted by Gasteiger charge is -2.18. The molecule has 6 heteroatoms.